The number of nitrogens with zero attached hydrogens (tertiary/aromatic N) is 8. The summed E-state index contributed by atoms with van der Waals surface area (Å²) in [6.45, 7) is 4.64. The minimum atomic E-state index is -2.90. The smallest absolute Gasteiger partial charge is 0.314 e. The number of likely N-dealkylation sites (tertiary alicyclic amines) is 2. The van der Waals surface area contributed by atoms with E-state index < -0.39 is 18.1 Å². The molecule has 0 aliphatic carbocycles. The lowest BCUT2D eigenvalue weighted by atomic mass is 9.87. The Kier molecular flexibility index (Phi) is 6.66. The van der Waals surface area contributed by atoms with E-state index in [0.717, 1.165) is 37.6 Å². The number of aromatic nitrogens is 6. The molecule has 12 heteroatoms. The molecule has 0 atom stereocenters. The standard InChI is InChI=1S/C26H27F3N8O/c1-35-12-20(13-35)36-7-5-16(6-8-36)17-3-2-4-18(9-17)22-14-37(34-31-22)15-23-21(27)10-19(11-30-23)25-32-33-26(38-25)24(28)29/h2-4,9-11,14,16,20,24H,5-8,12-13,15H2,1H3. The van der Waals surface area contributed by atoms with Gasteiger partial charge in [-0.1, -0.05) is 23.4 Å². The molecule has 3 aromatic heterocycles. The maximum Gasteiger partial charge on any atom is 0.314 e. The summed E-state index contributed by atoms with van der Waals surface area (Å²) in [6, 6.07) is 10.2. The van der Waals surface area contributed by atoms with Crippen LogP contribution in [0.4, 0.5) is 13.2 Å². The quantitative estimate of drug-likeness (QED) is 0.358. The zero-order chi connectivity index (χ0) is 26.2. The minimum Gasteiger partial charge on any atom is -0.415 e. The number of hydrogen-bond donors (Lipinski definition) is 0. The molecular weight excluding hydrogens is 497 g/mol. The van der Waals surface area contributed by atoms with Gasteiger partial charge in [0, 0.05) is 30.9 Å². The molecular formula is C26H27F3N8O. The number of halogens is 3. The minimum absolute atomic E-state index is 0.0553. The van der Waals surface area contributed by atoms with Crippen LogP contribution >= 0.6 is 0 Å². The van der Waals surface area contributed by atoms with Crippen LogP contribution in [-0.2, 0) is 6.54 Å². The monoisotopic (exact) mass is 524 g/mol. The molecule has 6 rings (SSSR count). The molecule has 5 heterocycles. The third kappa shape index (κ3) is 5.05. The molecule has 0 unspecified atom stereocenters. The number of benzene rings is 1. The number of likely N-dealkylation sites (N-methyl/N-ethyl adjacent to an activating group) is 1. The molecule has 0 bridgehead atoms. The highest BCUT2D eigenvalue weighted by Gasteiger charge is 2.32. The summed E-state index contributed by atoms with van der Waals surface area (Å²) >= 11 is 0. The Bertz CT molecular complexity index is 1410. The lowest BCUT2D eigenvalue weighted by Gasteiger charge is -2.46. The summed E-state index contributed by atoms with van der Waals surface area (Å²) in [5.41, 5.74) is 3.21. The van der Waals surface area contributed by atoms with Crippen molar-refractivity contribution in [3.8, 4) is 22.7 Å². The van der Waals surface area contributed by atoms with Crippen LogP contribution in [-0.4, -0.2) is 79.2 Å². The van der Waals surface area contributed by atoms with Crippen LogP contribution in [0.5, 0.6) is 0 Å². The van der Waals surface area contributed by atoms with Gasteiger partial charge in [0.15, 0.2) is 0 Å². The SMILES string of the molecule is CN1CC(N2CCC(c3cccc(-c4cn(Cc5ncc(-c6nnc(C(F)F)o6)cc5F)nn4)c3)CC2)C1. The first-order chi connectivity index (χ1) is 18.4. The van der Waals surface area contributed by atoms with Crippen molar-refractivity contribution < 1.29 is 17.6 Å². The predicted molar refractivity (Wildman–Crippen MR) is 132 cm³/mol. The average Bonchev–Trinajstić information content (AvgIpc) is 3.59. The molecule has 2 aliphatic rings. The van der Waals surface area contributed by atoms with Gasteiger partial charge in [-0.15, -0.1) is 15.3 Å². The van der Waals surface area contributed by atoms with Gasteiger partial charge in [-0.3, -0.25) is 9.88 Å². The Hall–Kier alpha value is -3.64. The average molecular weight is 525 g/mol. The summed E-state index contributed by atoms with van der Waals surface area (Å²) in [6.07, 6.45) is 2.45. The molecule has 0 spiro atoms. The molecule has 38 heavy (non-hydrogen) atoms. The Morgan fingerprint density at radius 3 is 2.58 bits per heavy atom. The Balaban J connectivity index is 1.11. The molecule has 0 saturated carbocycles. The fourth-order valence-electron chi connectivity index (χ4n) is 5.25. The second kappa shape index (κ2) is 10.3. The highest BCUT2D eigenvalue weighted by atomic mass is 19.3. The van der Waals surface area contributed by atoms with E-state index in [1.54, 1.807) is 6.20 Å². The number of alkyl halides is 2. The first-order valence-corrected chi connectivity index (χ1v) is 12.6. The third-order valence-corrected chi connectivity index (χ3v) is 7.39. The summed E-state index contributed by atoms with van der Waals surface area (Å²) in [7, 11) is 2.17. The van der Waals surface area contributed by atoms with Crippen molar-refractivity contribution in [1.82, 2.24) is 40.0 Å². The molecule has 0 radical (unpaired) electrons. The largest absolute Gasteiger partial charge is 0.415 e. The lowest BCUT2D eigenvalue weighted by Crippen LogP contribution is -2.59. The van der Waals surface area contributed by atoms with E-state index in [2.05, 4.69) is 54.5 Å². The number of pyridine rings is 1. The van der Waals surface area contributed by atoms with Crippen LogP contribution in [0.2, 0.25) is 0 Å². The Morgan fingerprint density at radius 2 is 1.87 bits per heavy atom. The van der Waals surface area contributed by atoms with Crippen LogP contribution < -0.4 is 0 Å². The highest BCUT2D eigenvalue weighted by molar-refractivity contribution is 5.59. The normalized spacial score (nSPS) is 17.8. The first-order valence-electron chi connectivity index (χ1n) is 12.6. The van der Waals surface area contributed by atoms with Crippen LogP contribution in [0.3, 0.4) is 0 Å². The first kappa shape index (κ1) is 24.7. The zero-order valence-corrected chi connectivity index (χ0v) is 20.8. The van der Waals surface area contributed by atoms with Gasteiger partial charge in [-0.2, -0.15) is 8.78 Å². The van der Waals surface area contributed by atoms with Gasteiger partial charge in [-0.05, 0) is 56.6 Å². The van der Waals surface area contributed by atoms with E-state index >= 15 is 0 Å². The van der Waals surface area contributed by atoms with Crippen LogP contribution in [0.1, 0.15) is 42.3 Å². The summed E-state index contributed by atoms with van der Waals surface area (Å²) in [4.78, 5) is 9.09. The van der Waals surface area contributed by atoms with Crippen molar-refractivity contribution in [2.45, 2.75) is 37.8 Å². The van der Waals surface area contributed by atoms with E-state index in [1.807, 2.05) is 12.1 Å². The van der Waals surface area contributed by atoms with Gasteiger partial charge < -0.3 is 9.32 Å². The molecule has 2 fully saturated rings. The highest BCUT2D eigenvalue weighted by Crippen LogP contribution is 2.32. The van der Waals surface area contributed by atoms with Crippen molar-refractivity contribution in [2.24, 2.45) is 0 Å². The maximum absolute atomic E-state index is 14.7. The van der Waals surface area contributed by atoms with Crippen molar-refractivity contribution in [3.63, 3.8) is 0 Å². The fourth-order valence-corrected chi connectivity index (χ4v) is 5.25. The molecule has 2 saturated heterocycles. The summed E-state index contributed by atoms with van der Waals surface area (Å²) in [5, 5.41) is 15.2. The molecule has 4 aromatic rings. The van der Waals surface area contributed by atoms with Crippen molar-refractivity contribution in [1.29, 1.82) is 0 Å². The van der Waals surface area contributed by atoms with Crippen LogP contribution in [0.15, 0.2) is 47.1 Å². The van der Waals surface area contributed by atoms with Crippen molar-refractivity contribution >= 4 is 0 Å². The lowest BCUT2D eigenvalue weighted by molar-refractivity contribution is 0.0363. The van der Waals surface area contributed by atoms with Crippen molar-refractivity contribution in [2.75, 3.05) is 33.2 Å². The summed E-state index contributed by atoms with van der Waals surface area (Å²) in [5.74, 6) is -1.16. The van der Waals surface area contributed by atoms with E-state index in [9.17, 15) is 13.2 Å². The predicted octanol–water partition coefficient (Wildman–Crippen LogP) is 4.01. The molecule has 9 nitrogen and oxygen atoms in total. The van der Waals surface area contributed by atoms with E-state index in [-0.39, 0.29) is 23.7 Å². The van der Waals surface area contributed by atoms with Gasteiger partial charge in [0.2, 0.25) is 5.89 Å². The Morgan fingerprint density at radius 1 is 1.05 bits per heavy atom. The molecule has 0 amide bonds. The third-order valence-electron chi connectivity index (χ3n) is 7.39. The van der Waals surface area contributed by atoms with Gasteiger partial charge >= 0.3 is 6.43 Å². The van der Waals surface area contributed by atoms with E-state index in [4.69, 9.17) is 4.42 Å². The Labute approximate surface area is 217 Å². The number of rotatable bonds is 7. The van der Waals surface area contributed by atoms with Gasteiger partial charge in [-0.25, -0.2) is 9.07 Å². The molecule has 198 valence electrons. The summed E-state index contributed by atoms with van der Waals surface area (Å²) < 4.78 is 46.5. The maximum atomic E-state index is 14.7. The van der Waals surface area contributed by atoms with E-state index in [0.29, 0.717) is 17.7 Å². The van der Waals surface area contributed by atoms with Crippen LogP contribution in [0, 0.1) is 5.82 Å². The molecule has 2 aliphatic heterocycles. The molecule has 0 N–H and O–H groups in total. The number of hydrogen-bond acceptors (Lipinski definition) is 8. The second-order valence-corrected chi connectivity index (χ2v) is 10.0. The number of piperidine rings is 1. The van der Waals surface area contributed by atoms with Gasteiger partial charge in [0.05, 0.1) is 24.0 Å². The zero-order valence-electron chi connectivity index (χ0n) is 20.8. The second-order valence-electron chi connectivity index (χ2n) is 10.0. The fraction of sp³-hybridized carbons (Fsp3) is 0.423. The topological polar surface area (TPSA) is 89.0 Å². The van der Waals surface area contributed by atoms with Gasteiger partial charge in [0.1, 0.15) is 11.5 Å². The van der Waals surface area contributed by atoms with Gasteiger partial charge in [0.25, 0.3) is 5.89 Å². The van der Waals surface area contributed by atoms with E-state index in [1.165, 1.54) is 29.5 Å². The van der Waals surface area contributed by atoms with Crippen LogP contribution in [0.25, 0.3) is 22.7 Å². The molecule has 1 aromatic carbocycles. The van der Waals surface area contributed by atoms with Crippen molar-refractivity contribution in [3.05, 3.63) is 65.7 Å².